The number of rotatable bonds is 2. The fraction of sp³-hybridized carbons (Fsp3) is 0.333. The summed E-state index contributed by atoms with van der Waals surface area (Å²) >= 11 is 1.41. The normalized spacial score (nSPS) is 16.3. The Kier molecular flexibility index (Phi) is 5.49. The lowest BCUT2D eigenvalue weighted by Crippen LogP contribution is -2.30. The fourth-order valence-corrected chi connectivity index (χ4v) is 3.93. The molecule has 4 heterocycles. The second kappa shape index (κ2) is 7.03. The minimum absolute atomic E-state index is 0. The summed E-state index contributed by atoms with van der Waals surface area (Å²) in [5, 5.41) is 0.995. The number of carbonyl (C=O) groups excluding carboxylic acids is 1. The number of thioether (sulfide) groups is 1. The van der Waals surface area contributed by atoms with Gasteiger partial charge >= 0.3 is 0 Å². The molecule has 0 spiro atoms. The number of imidazole rings is 1. The number of pyridine rings is 1. The van der Waals surface area contributed by atoms with Crippen LogP contribution in [0.4, 0.5) is 5.82 Å². The Hall–Kier alpha value is -1.37. The number of nitrogens with zero attached hydrogens (tertiary/aromatic N) is 3. The minimum atomic E-state index is -0.381. The van der Waals surface area contributed by atoms with Crippen LogP contribution in [0.1, 0.15) is 25.0 Å². The monoisotopic (exact) mass is 372 g/mol. The van der Waals surface area contributed by atoms with Crippen LogP contribution in [0.2, 0.25) is 0 Å². The van der Waals surface area contributed by atoms with E-state index < -0.39 is 0 Å². The molecule has 2 aromatic rings. The van der Waals surface area contributed by atoms with Gasteiger partial charge in [-0.25, -0.2) is 4.98 Å². The molecule has 2 aliphatic heterocycles. The minimum Gasteiger partial charge on any atom is -0.365 e. The van der Waals surface area contributed by atoms with Gasteiger partial charge < -0.3 is 10.6 Å². The molecule has 2 aromatic heterocycles. The fourth-order valence-electron chi connectivity index (χ4n) is 3.01. The summed E-state index contributed by atoms with van der Waals surface area (Å²) in [6.07, 6.45) is 5.55. The molecule has 0 aromatic carbocycles. The van der Waals surface area contributed by atoms with Gasteiger partial charge in [0.15, 0.2) is 5.82 Å². The first-order valence-corrected chi connectivity index (χ1v) is 8.01. The van der Waals surface area contributed by atoms with Gasteiger partial charge in [-0.3, -0.25) is 9.20 Å². The van der Waals surface area contributed by atoms with Crippen LogP contribution in [0, 0.1) is 0 Å². The first-order chi connectivity index (χ1) is 10.2. The van der Waals surface area contributed by atoms with E-state index >= 15 is 0 Å². The number of anilines is 1. The van der Waals surface area contributed by atoms with Crippen molar-refractivity contribution in [3.63, 3.8) is 0 Å². The highest BCUT2D eigenvalue weighted by Gasteiger charge is 2.25. The highest BCUT2D eigenvalue weighted by Crippen LogP contribution is 2.38. The highest BCUT2D eigenvalue weighted by atomic mass is 35.5. The Morgan fingerprint density at radius 2 is 1.91 bits per heavy atom. The number of halogens is 2. The maximum absolute atomic E-state index is 11.6. The third kappa shape index (κ3) is 3.03. The van der Waals surface area contributed by atoms with E-state index in [0.29, 0.717) is 4.91 Å². The Morgan fingerprint density at radius 1 is 1.17 bits per heavy atom. The van der Waals surface area contributed by atoms with Crippen molar-refractivity contribution in [2.75, 3.05) is 18.0 Å². The summed E-state index contributed by atoms with van der Waals surface area (Å²) in [6.45, 7) is 2.05. The first kappa shape index (κ1) is 18.0. The van der Waals surface area contributed by atoms with Gasteiger partial charge in [0, 0.05) is 13.1 Å². The van der Waals surface area contributed by atoms with Gasteiger partial charge in [0.2, 0.25) is 0 Å². The standard InChI is InChI=1S/C15H16N4OS.2ClH/c16-14(20)11-9-10-15(18-7-2-1-3-8-18)17-12-5-4-6-13(21-11)19(10)12;;/h4-6,9H,1-3,7-8H2,(H2,16,20);2*1H. The number of amides is 1. The average Bonchev–Trinajstić information content (AvgIpc) is 2.89. The maximum Gasteiger partial charge on any atom is 0.255 e. The van der Waals surface area contributed by atoms with Crippen molar-refractivity contribution in [1.82, 2.24) is 9.38 Å². The molecular formula is C15H18Cl2N4OS. The predicted molar refractivity (Wildman–Crippen MR) is 98.8 cm³/mol. The summed E-state index contributed by atoms with van der Waals surface area (Å²) in [4.78, 5) is 19.3. The number of aromatic nitrogens is 2. The van der Waals surface area contributed by atoms with E-state index in [4.69, 9.17) is 10.7 Å². The quantitative estimate of drug-likeness (QED) is 0.879. The van der Waals surface area contributed by atoms with Crippen molar-refractivity contribution in [1.29, 1.82) is 0 Å². The number of nitrogens with two attached hydrogens (primary N) is 1. The molecule has 1 fully saturated rings. The molecule has 2 N–H and O–H groups in total. The summed E-state index contributed by atoms with van der Waals surface area (Å²) < 4.78 is 2.11. The second-order valence-electron chi connectivity index (χ2n) is 5.40. The number of piperidine rings is 1. The third-order valence-electron chi connectivity index (χ3n) is 4.00. The van der Waals surface area contributed by atoms with Gasteiger partial charge in [-0.2, -0.15) is 0 Å². The summed E-state index contributed by atoms with van der Waals surface area (Å²) in [6, 6.07) is 5.97. The van der Waals surface area contributed by atoms with E-state index in [1.165, 1.54) is 31.0 Å². The van der Waals surface area contributed by atoms with Crippen LogP contribution in [0.5, 0.6) is 0 Å². The molecule has 23 heavy (non-hydrogen) atoms. The van der Waals surface area contributed by atoms with Crippen molar-refractivity contribution >= 4 is 60.0 Å². The average molecular weight is 373 g/mol. The summed E-state index contributed by atoms with van der Waals surface area (Å²) in [5.41, 5.74) is 7.39. The molecule has 124 valence electrons. The van der Waals surface area contributed by atoms with E-state index in [1.54, 1.807) is 0 Å². The number of hydrogen-bond acceptors (Lipinski definition) is 4. The Morgan fingerprint density at radius 3 is 2.61 bits per heavy atom. The van der Waals surface area contributed by atoms with Crippen LogP contribution >= 0.6 is 36.6 Å². The molecule has 1 saturated heterocycles. The molecule has 4 rings (SSSR count). The Bertz CT molecular complexity index is 768. The van der Waals surface area contributed by atoms with Crippen LogP contribution in [0.25, 0.3) is 11.7 Å². The number of hydrogen-bond donors (Lipinski definition) is 1. The van der Waals surface area contributed by atoms with Gasteiger partial charge in [0.05, 0.1) is 15.6 Å². The van der Waals surface area contributed by atoms with Crippen LogP contribution in [0.3, 0.4) is 0 Å². The smallest absolute Gasteiger partial charge is 0.255 e. The third-order valence-corrected chi connectivity index (χ3v) is 5.07. The maximum atomic E-state index is 11.6. The topological polar surface area (TPSA) is 63.6 Å². The Balaban J connectivity index is 0.000000960. The molecular weight excluding hydrogens is 355 g/mol. The molecule has 1 amide bonds. The molecule has 8 heteroatoms. The van der Waals surface area contributed by atoms with Crippen LogP contribution < -0.4 is 10.6 Å². The van der Waals surface area contributed by atoms with Gasteiger partial charge in [-0.05, 0) is 37.5 Å². The lowest BCUT2D eigenvalue weighted by Gasteiger charge is -2.27. The number of carbonyl (C=O) groups is 1. The molecule has 0 atom stereocenters. The van der Waals surface area contributed by atoms with Crippen molar-refractivity contribution in [2.24, 2.45) is 5.73 Å². The first-order valence-electron chi connectivity index (χ1n) is 7.20. The zero-order valence-corrected chi connectivity index (χ0v) is 14.8. The van der Waals surface area contributed by atoms with Crippen LogP contribution in [0.15, 0.2) is 28.1 Å². The van der Waals surface area contributed by atoms with Crippen LogP contribution in [-0.2, 0) is 4.79 Å². The molecule has 0 aliphatic carbocycles. The summed E-state index contributed by atoms with van der Waals surface area (Å²) in [5.74, 6) is 0.593. The SMILES string of the molecule is Cl.Cl.NC(=O)C1=Cc2c(N3CCCCC3)nc3cccc(n23)S1. The largest absolute Gasteiger partial charge is 0.365 e. The van der Waals surface area contributed by atoms with E-state index in [0.717, 1.165) is 35.3 Å². The van der Waals surface area contributed by atoms with E-state index in [9.17, 15) is 4.79 Å². The van der Waals surface area contributed by atoms with E-state index in [2.05, 4.69) is 9.30 Å². The van der Waals surface area contributed by atoms with Crippen LogP contribution in [-0.4, -0.2) is 28.4 Å². The van der Waals surface area contributed by atoms with Crippen molar-refractivity contribution < 1.29 is 4.79 Å². The zero-order chi connectivity index (χ0) is 14.4. The van der Waals surface area contributed by atoms with Crippen molar-refractivity contribution in [3.05, 3.63) is 28.8 Å². The summed E-state index contributed by atoms with van der Waals surface area (Å²) in [7, 11) is 0. The lowest BCUT2D eigenvalue weighted by atomic mass is 10.1. The Labute approximate surface area is 151 Å². The second-order valence-corrected chi connectivity index (χ2v) is 6.46. The van der Waals surface area contributed by atoms with E-state index in [1.807, 2.05) is 24.3 Å². The molecule has 0 saturated carbocycles. The van der Waals surface area contributed by atoms with Gasteiger partial charge in [-0.1, -0.05) is 17.8 Å². The molecule has 0 radical (unpaired) electrons. The number of primary amides is 1. The zero-order valence-electron chi connectivity index (χ0n) is 12.4. The van der Waals surface area contributed by atoms with Gasteiger partial charge in [-0.15, -0.1) is 24.8 Å². The predicted octanol–water partition coefficient (Wildman–Crippen LogP) is 3.10. The molecule has 5 nitrogen and oxygen atoms in total. The van der Waals surface area contributed by atoms with Gasteiger partial charge in [0.25, 0.3) is 5.91 Å². The van der Waals surface area contributed by atoms with E-state index in [-0.39, 0.29) is 30.7 Å². The van der Waals surface area contributed by atoms with Gasteiger partial charge in [0.1, 0.15) is 5.65 Å². The van der Waals surface area contributed by atoms with Crippen molar-refractivity contribution in [2.45, 2.75) is 24.3 Å². The molecule has 2 aliphatic rings. The molecule has 0 bridgehead atoms. The van der Waals surface area contributed by atoms with Crippen molar-refractivity contribution in [3.8, 4) is 0 Å². The molecule has 0 unspecified atom stereocenters. The lowest BCUT2D eigenvalue weighted by molar-refractivity contribution is -0.113. The highest BCUT2D eigenvalue weighted by molar-refractivity contribution is 8.04.